The zero-order valence-electron chi connectivity index (χ0n) is 20.9. The molecule has 2 aromatic carbocycles. The smallest absolute Gasteiger partial charge is 0.412 e. The third-order valence-corrected chi connectivity index (χ3v) is 5.49. The fourth-order valence-corrected chi connectivity index (χ4v) is 3.93. The number of nitrogens with one attached hydrogen (secondary N) is 2. The van der Waals surface area contributed by atoms with E-state index in [1.807, 2.05) is 39.0 Å². The van der Waals surface area contributed by atoms with Gasteiger partial charge < -0.3 is 25.8 Å². The fourth-order valence-electron chi connectivity index (χ4n) is 3.93. The molecule has 0 radical (unpaired) electrons. The van der Waals surface area contributed by atoms with Crippen LogP contribution in [0.1, 0.15) is 38.8 Å². The molecule has 0 saturated heterocycles. The lowest BCUT2D eigenvalue weighted by Crippen LogP contribution is -2.50. The molecule has 4 rings (SSSR count). The van der Waals surface area contributed by atoms with Crippen LogP contribution >= 0.6 is 0 Å². The summed E-state index contributed by atoms with van der Waals surface area (Å²) in [5, 5.41) is 6.12. The highest BCUT2D eigenvalue weighted by Gasteiger charge is 2.33. The molecule has 9 heteroatoms. The van der Waals surface area contributed by atoms with E-state index in [0.29, 0.717) is 41.7 Å². The summed E-state index contributed by atoms with van der Waals surface area (Å²) < 4.78 is 11.6. The molecule has 2 amide bonds. The standard InChI is InChI=1S/C27H31N5O4/c1-17(33)30-20-10-7-11-21(13-20)35-25-14-23(22(28)15-29-25)31-24-12-18-8-5-6-9-19(18)16-32(24)26(34)36-27(2,3)4/h5-11,13-15,24H,12,16,28H2,1-4H3,(H,29,31)(H,30,33). The van der Waals surface area contributed by atoms with Gasteiger partial charge in [0.05, 0.1) is 24.1 Å². The minimum atomic E-state index is -0.624. The van der Waals surface area contributed by atoms with Crippen molar-refractivity contribution in [2.75, 3.05) is 16.4 Å². The first kappa shape index (κ1) is 24.8. The average Bonchev–Trinajstić information content (AvgIpc) is 2.79. The molecular weight excluding hydrogens is 458 g/mol. The molecule has 2 heterocycles. The molecule has 1 aliphatic rings. The summed E-state index contributed by atoms with van der Waals surface area (Å²) in [5.41, 5.74) is 9.44. The number of amides is 2. The van der Waals surface area contributed by atoms with Crippen LogP contribution in [-0.4, -0.2) is 33.7 Å². The Morgan fingerprint density at radius 1 is 1.08 bits per heavy atom. The number of aromatic nitrogens is 1. The number of carbonyl (C=O) groups is 2. The molecule has 188 valence electrons. The van der Waals surface area contributed by atoms with Crippen molar-refractivity contribution in [3.05, 3.63) is 71.9 Å². The second kappa shape index (κ2) is 10.2. The minimum Gasteiger partial charge on any atom is -0.444 e. The number of nitrogens with zero attached hydrogens (tertiary/aromatic N) is 2. The van der Waals surface area contributed by atoms with Gasteiger partial charge in [0.2, 0.25) is 11.8 Å². The molecule has 0 fully saturated rings. The van der Waals surface area contributed by atoms with Crippen LogP contribution in [0.15, 0.2) is 60.8 Å². The largest absolute Gasteiger partial charge is 0.444 e. The number of carbonyl (C=O) groups excluding carboxylic acids is 2. The topological polar surface area (TPSA) is 119 Å². The summed E-state index contributed by atoms with van der Waals surface area (Å²) in [6.07, 6.45) is 1.28. The highest BCUT2D eigenvalue weighted by molar-refractivity contribution is 5.88. The van der Waals surface area contributed by atoms with E-state index in [0.717, 1.165) is 11.1 Å². The Balaban J connectivity index is 1.57. The third kappa shape index (κ3) is 6.24. The Bertz CT molecular complexity index is 1270. The molecule has 9 nitrogen and oxygen atoms in total. The van der Waals surface area contributed by atoms with E-state index >= 15 is 0 Å². The fraction of sp³-hybridized carbons (Fsp3) is 0.296. The van der Waals surface area contributed by atoms with Crippen LogP contribution in [0.4, 0.5) is 21.9 Å². The Labute approximate surface area is 210 Å². The summed E-state index contributed by atoms with van der Waals surface area (Å²) in [6, 6.07) is 16.7. The van der Waals surface area contributed by atoms with Gasteiger partial charge in [-0.1, -0.05) is 30.3 Å². The predicted molar refractivity (Wildman–Crippen MR) is 139 cm³/mol. The number of fused-ring (bicyclic) bond motifs is 1. The van der Waals surface area contributed by atoms with Gasteiger partial charge in [0.15, 0.2) is 0 Å². The summed E-state index contributed by atoms with van der Waals surface area (Å²) in [5.74, 6) is 0.644. The number of anilines is 3. The van der Waals surface area contributed by atoms with Crippen molar-refractivity contribution in [2.24, 2.45) is 0 Å². The summed E-state index contributed by atoms with van der Waals surface area (Å²) in [7, 11) is 0. The van der Waals surface area contributed by atoms with Gasteiger partial charge in [-0.25, -0.2) is 9.78 Å². The van der Waals surface area contributed by atoms with Crippen molar-refractivity contribution >= 4 is 29.1 Å². The molecule has 4 N–H and O–H groups in total. The summed E-state index contributed by atoms with van der Waals surface area (Å²) >= 11 is 0. The molecule has 3 aromatic rings. The van der Waals surface area contributed by atoms with Crippen LogP contribution in [0.5, 0.6) is 11.6 Å². The van der Waals surface area contributed by atoms with E-state index in [1.54, 1.807) is 35.2 Å². The molecule has 0 bridgehead atoms. The predicted octanol–water partition coefficient (Wildman–Crippen LogP) is 5.15. The monoisotopic (exact) mass is 489 g/mol. The SMILES string of the molecule is CC(=O)Nc1cccc(Oc2cc(NC3Cc4ccccc4CN3C(=O)OC(C)(C)C)c(N)cn2)c1. The Morgan fingerprint density at radius 2 is 1.83 bits per heavy atom. The van der Waals surface area contributed by atoms with E-state index in [1.165, 1.54) is 13.1 Å². The summed E-state index contributed by atoms with van der Waals surface area (Å²) in [6.45, 7) is 7.38. The number of nitrogens with two attached hydrogens (primary N) is 1. The van der Waals surface area contributed by atoms with Crippen molar-refractivity contribution in [1.82, 2.24) is 9.88 Å². The van der Waals surface area contributed by atoms with Gasteiger partial charge in [0, 0.05) is 31.2 Å². The maximum absolute atomic E-state index is 13.1. The number of hydrogen-bond acceptors (Lipinski definition) is 7. The second-order valence-corrected chi connectivity index (χ2v) is 9.66. The number of ether oxygens (including phenoxy) is 2. The van der Waals surface area contributed by atoms with Crippen molar-refractivity contribution in [2.45, 2.75) is 52.4 Å². The van der Waals surface area contributed by atoms with Crippen molar-refractivity contribution in [1.29, 1.82) is 0 Å². The Hall–Kier alpha value is -4.27. The van der Waals surface area contributed by atoms with Crippen LogP contribution in [-0.2, 0) is 22.5 Å². The van der Waals surface area contributed by atoms with E-state index < -0.39 is 17.9 Å². The van der Waals surface area contributed by atoms with Gasteiger partial charge in [-0.3, -0.25) is 9.69 Å². The third-order valence-electron chi connectivity index (χ3n) is 5.49. The molecule has 0 aliphatic carbocycles. The number of nitrogen functional groups attached to an aromatic ring is 1. The lowest BCUT2D eigenvalue weighted by molar-refractivity contribution is -0.114. The average molecular weight is 490 g/mol. The molecule has 1 aliphatic heterocycles. The van der Waals surface area contributed by atoms with Gasteiger partial charge in [0.1, 0.15) is 17.5 Å². The van der Waals surface area contributed by atoms with Crippen LogP contribution in [0.3, 0.4) is 0 Å². The molecular formula is C27H31N5O4. The van der Waals surface area contributed by atoms with E-state index in [2.05, 4.69) is 21.7 Å². The van der Waals surface area contributed by atoms with Gasteiger partial charge in [-0.05, 0) is 44.0 Å². The quantitative estimate of drug-likeness (QED) is 0.454. The highest BCUT2D eigenvalue weighted by Crippen LogP contribution is 2.31. The van der Waals surface area contributed by atoms with Crippen LogP contribution in [0.25, 0.3) is 0 Å². The number of rotatable bonds is 5. The number of benzene rings is 2. The van der Waals surface area contributed by atoms with Crippen molar-refractivity contribution in [3.63, 3.8) is 0 Å². The van der Waals surface area contributed by atoms with Crippen molar-refractivity contribution < 1.29 is 19.1 Å². The van der Waals surface area contributed by atoms with Crippen LogP contribution < -0.4 is 21.1 Å². The van der Waals surface area contributed by atoms with E-state index in [-0.39, 0.29) is 5.91 Å². The molecule has 1 aromatic heterocycles. The first-order valence-electron chi connectivity index (χ1n) is 11.7. The molecule has 0 saturated carbocycles. The zero-order valence-corrected chi connectivity index (χ0v) is 20.9. The molecule has 1 unspecified atom stereocenters. The minimum absolute atomic E-state index is 0.173. The zero-order chi connectivity index (χ0) is 25.9. The van der Waals surface area contributed by atoms with Gasteiger partial charge in [-0.2, -0.15) is 0 Å². The van der Waals surface area contributed by atoms with E-state index in [4.69, 9.17) is 15.2 Å². The molecule has 0 spiro atoms. The van der Waals surface area contributed by atoms with Gasteiger partial charge in [0.25, 0.3) is 0 Å². The normalized spacial score (nSPS) is 15.0. The lowest BCUT2D eigenvalue weighted by atomic mass is 9.97. The number of hydrogen-bond donors (Lipinski definition) is 3. The first-order valence-corrected chi connectivity index (χ1v) is 11.7. The number of pyridine rings is 1. The van der Waals surface area contributed by atoms with Crippen LogP contribution in [0.2, 0.25) is 0 Å². The maximum Gasteiger partial charge on any atom is 0.412 e. The van der Waals surface area contributed by atoms with Gasteiger partial charge in [-0.15, -0.1) is 0 Å². The highest BCUT2D eigenvalue weighted by atomic mass is 16.6. The molecule has 1 atom stereocenters. The van der Waals surface area contributed by atoms with Crippen LogP contribution in [0, 0.1) is 0 Å². The van der Waals surface area contributed by atoms with Gasteiger partial charge >= 0.3 is 6.09 Å². The van der Waals surface area contributed by atoms with E-state index in [9.17, 15) is 9.59 Å². The van der Waals surface area contributed by atoms with Crippen molar-refractivity contribution in [3.8, 4) is 11.6 Å². The summed E-state index contributed by atoms with van der Waals surface area (Å²) in [4.78, 5) is 30.4. The molecule has 36 heavy (non-hydrogen) atoms. The Kier molecular flexibility index (Phi) is 7.00. The maximum atomic E-state index is 13.1. The second-order valence-electron chi connectivity index (χ2n) is 9.66. The Morgan fingerprint density at radius 3 is 2.56 bits per heavy atom. The first-order chi connectivity index (χ1) is 17.1. The lowest BCUT2D eigenvalue weighted by Gasteiger charge is -2.38.